The highest BCUT2D eigenvalue weighted by Gasteiger charge is 2.20. The van der Waals surface area contributed by atoms with Crippen molar-refractivity contribution in [3.8, 4) is 11.5 Å². The number of rotatable bonds is 5. The van der Waals surface area contributed by atoms with Crippen LogP contribution in [0, 0.1) is 13.8 Å². The van der Waals surface area contributed by atoms with Gasteiger partial charge in [-0.1, -0.05) is 17.7 Å². The minimum atomic E-state index is 0.698. The maximum Gasteiger partial charge on any atom is 0.148 e. The van der Waals surface area contributed by atoms with E-state index >= 15 is 0 Å². The second kappa shape index (κ2) is 5.63. The largest absolute Gasteiger partial charge is 0.455 e. The molecule has 1 aliphatic rings. The molecular weight excluding hydrogens is 248 g/mol. The lowest BCUT2D eigenvalue weighted by molar-refractivity contribution is 0.466. The molecule has 1 aromatic carbocycles. The minimum absolute atomic E-state index is 0.698. The molecule has 1 heterocycles. The molecule has 1 fully saturated rings. The first kappa shape index (κ1) is 13.1. The monoisotopic (exact) mass is 268 g/mol. The predicted octanol–water partition coefficient (Wildman–Crippen LogP) is 3.74. The Kier molecular flexibility index (Phi) is 3.70. The number of hydrogen-bond donors (Lipinski definition) is 1. The van der Waals surface area contributed by atoms with E-state index in [1.807, 2.05) is 25.1 Å². The lowest BCUT2D eigenvalue weighted by Gasteiger charge is -2.13. The van der Waals surface area contributed by atoms with Crippen molar-refractivity contribution in [2.75, 3.05) is 0 Å². The van der Waals surface area contributed by atoms with Gasteiger partial charge in [0.15, 0.2) is 0 Å². The van der Waals surface area contributed by atoms with Gasteiger partial charge >= 0.3 is 0 Å². The number of hydrogen-bond acceptors (Lipinski definition) is 3. The zero-order valence-corrected chi connectivity index (χ0v) is 12.0. The molecule has 1 aliphatic carbocycles. The zero-order chi connectivity index (χ0) is 13.9. The highest BCUT2D eigenvalue weighted by molar-refractivity contribution is 5.41. The number of aromatic nitrogens is 1. The van der Waals surface area contributed by atoms with Crippen LogP contribution in [-0.4, -0.2) is 11.0 Å². The SMILES string of the molecule is Cc1ccc(Oc2cccnc2C)c(CNC2CC2)c1. The number of nitrogens with one attached hydrogen (secondary N) is 1. The lowest BCUT2D eigenvalue weighted by atomic mass is 10.1. The standard InChI is InChI=1S/C17H20N2O/c1-12-5-8-17(14(10-12)11-19-15-6-7-15)20-16-4-3-9-18-13(16)2/h3-5,8-10,15,19H,6-7,11H2,1-2H3. The average molecular weight is 268 g/mol. The molecule has 0 unspecified atom stereocenters. The summed E-state index contributed by atoms with van der Waals surface area (Å²) in [6.07, 6.45) is 4.38. The average Bonchev–Trinajstić information content (AvgIpc) is 3.25. The predicted molar refractivity (Wildman–Crippen MR) is 80.1 cm³/mol. The van der Waals surface area contributed by atoms with Crippen molar-refractivity contribution < 1.29 is 4.74 Å². The van der Waals surface area contributed by atoms with E-state index in [4.69, 9.17) is 4.74 Å². The molecule has 3 rings (SSSR count). The smallest absolute Gasteiger partial charge is 0.148 e. The first-order valence-electron chi connectivity index (χ1n) is 7.15. The molecule has 1 saturated carbocycles. The van der Waals surface area contributed by atoms with E-state index in [2.05, 4.69) is 29.4 Å². The highest BCUT2D eigenvalue weighted by Crippen LogP contribution is 2.28. The molecule has 0 amide bonds. The van der Waals surface area contributed by atoms with E-state index in [-0.39, 0.29) is 0 Å². The second-order valence-electron chi connectivity index (χ2n) is 5.46. The second-order valence-corrected chi connectivity index (χ2v) is 5.46. The summed E-state index contributed by atoms with van der Waals surface area (Å²) >= 11 is 0. The quantitative estimate of drug-likeness (QED) is 0.897. The van der Waals surface area contributed by atoms with Crippen LogP contribution < -0.4 is 10.1 Å². The van der Waals surface area contributed by atoms with Crippen LogP contribution in [0.3, 0.4) is 0 Å². The first-order valence-corrected chi connectivity index (χ1v) is 7.15. The molecule has 3 heteroatoms. The summed E-state index contributed by atoms with van der Waals surface area (Å²) in [6, 6.07) is 10.9. The number of aryl methyl sites for hydroxylation is 2. The Morgan fingerprint density at radius 1 is 1.20 bits per heavy atom. The van der Waals surface area contributed by atoms with Crippen molar-refractivity contribution >= 4 is 0 Å². The van der Waals surface area contributed by atoms with Crippen LogP contribution in [0.5, 0.6) is 11.5 Å². The van der Waals surface area contributed by atoms with Crippen LogP contribution >= 0.6 is 0 Å². The van der Waals surface area contributed by atoms with Crippen LogP contribution in [0.2, 0.25) is 0 Å². The molecule has 0 spiro atoms. The summed E-state index contributed by atoms with van der Waals surface area (Å²) < 4.78 is 6.05. The normalized spacial score (nSPS) is 14.3. The number of benzene rings is 1. The van der Waals surface area contributed by atoms with E-state index in [1.165, 1.54) is 24.0 Å². The Morgan fingerprint density at radius 2 is 2.05 bits per heavy atom. The lowest BCUT2D eigenvalue weighted by Crippen LogP contribution is -2.15. The minimum Gasteiger partial charge on any atom is -0.455 e. The Hall–Kier alpha value is -1.87. The maximum absolute atomic E-state index is 6.05. The van der Waals surface area contributed by atoms with Gasteiger partial charge in [0, 0.05) is 24.3 Å². The zero-order valence-electron chi connectivity index (χ0n) is 12.0. The van der Waals surface area contributed by atoms with Crippen LogP contribution in [-0.2, 0) is 6.54 Å². The van der Waals surface area contributed by atoms with E-state index < -0.39 is 0 Å². The van der Waals surface area contributed by atoms with Gasteiger partial charge in [-0.15, -0.1) is 0 Å². The van der Waals surface area contributed by atoms with Crippen LogP contribution in [0.4, 0.5) is 0 Å². The summed E-state index contributed by atoms with van der Waals surface area (Å²) in [7, 11) is 0. The molecule has 104 valence electrons. The van der Waals surface area contributed by atoms with E-state index in [9.17, 15) is 0 Å². The fraction of sp³-hybridized carbons (Fsp3) is 0.353. The molecule has 0 aliphatic heterocycles. The van der Waals surface area contributed by atoms with Gasteiger partial charge in [0.25, 0.3) is 0 Å². The van der Waals surface area contributed by atoms with Crippen LogP contribution in [0.25, 0.3) is 0 Å². The van der Waals surface area contributed by atoms with Crippen molar-refractivity contribution in [3.05, 3.63) is 53.3 Å². The van der Waals surface area contributed by atoms with Crippen molar-refractivity contribution in [1.29, 1.82) is 0 Å². The van der Waals surface area contributed by atoms with Gasteiger partial charge in [-0.2, -0.15) is 0 Å². The van der Waals surface area contributed by atoms with Crippen molar-refractivity contribution in [2.24, 2.45) is 0 Å². The third-order valence-corrected chi connectivity index (χ3v) is 3.55. The number of nitrogens with zero attached hydrogens (tertiary/aromatic N) is 1. The molecule has 20 heavy (non-hydrogen) atoms. The summed E-state index contributed by atoms with van der Waals surface area (Å²) in [4.78, 5) is 4.27. The third-order valence-electron chi connectivity index (χ3n) is 3.55. The van der Waals surface area contributed by atoms with Gasteiger partial charge in [0.1, 0.15) is 11.5 Å². The van der Waals surface area contributed by atoms with Crippen LogP contribution in [0.1, 0.15) is 29.7 Å². The van der Waals surface area contributed by atoms with Crippen molar-refractivity contribution in [2.45, 2.75) is 39.3 Å². The van der Waals surface area contributed by atoms with Crippen LogP contribution in [0.15, 0.2) is 36.5 Å². The van der Waals surface area contributed by atoms with Gasteiger partial charge in [-0.3, -0.25) is 4.98 Å². The summed E-state index contributed by atoms with van der Waals surface area (Å²) in [5.41, 5.74) is 3.38. The Labute approximate surface area is 120 Å². The van der Waals surface area contributed by atoms with Gasteiger partial charge in [0.2, 0.25) is 0 Å². The fourth-order valence-electron chi connectivity index (χ4n) is 2.18. The number of ether oxygens (including phenoxy) is 1. The van der Waals surface area contributed by atoms with E-state index in [1.54, 1.807) is 6.20 Å². The molecule has 0 atom stereocenters. The Balaban J connectivity index is 1.82. The Morgan fingerprint density at radius 3 is 2.80 bits per heavy atom. The van der Waals surface area contributed by atoms with Crippen molar-refractivity contribution in [1.82, 2.24) is 10.3 Å². The van der Waals surface area contributed by atoms with Gasteiger partial charge in [-0.25, -0.2) is 0 Å². The van der Waals surface area contributed by atoms with E-state index in [0.717, 1.165) is 23.7 Å². The first-order chi connectivity index (χ1) is 9.72. The van der Waals surface area contributed by atoms with Gasteiger partial charge in [0.05, 0.1) is 5.69 Å². The fourth-order valence-corrected chi connectivity index (χ4v) is 2.18. The molecule has 0 bridgehead atoms. The molecule has 3 nitrogen and oxygen atoms in total. The molecule has 1 aromatic heterocycles. The highest BCUT2D eigenvalue weighted by atomic mass is 16.5. The molecule has 0 radical (unpaired) electrons. The summed E-state index contributed by atoms with van der Waals surface area (Å²) in [6.45, 7) is 4.94. The third kappa shape index (κ3) is 3.17. The topological polar surface area (TPSA) is 34.1 Å². The number of pyridine rings is 1. The van der Waals surface area contributed by atoms with Gasteiger partial charge in [-0.05, 0) is 44.9 Å². The summed E-state index contributed by atoms with van der Waals surface area (Å²) in [5.74, 6) is 1.74. The molecule has 2 aromatic rings. The molecule has 0 saturated heterocycles. The van der Waals surface area contributed by atoms with E-state index in [0.29, 0.717) is 6.04 Å². The maximum atomic E-state index is 6.05. The Bertz CT molecular complexity index is 606. The molecular formula is C17H20N2O. The molecule has 1 N–H and O–H groups in total. The van der Waals surface area contributed by atoms with Gasteiger partial charge < -0.3 is 10.1 Å². The van der Waals surface area contributed by atoms with Crippen molar-refractivity contribution in [3.63, 3.8) is 0 Å². The summed E-state index contributed by atoms with van der Waals surface area (Å²) in [5, 5.41) is 3.55.